The van der Waals surface area contributed by atoms with Crippen LogP contribution >= 0.6 is 12.2 Å². The zero-order valence-electron chi connectivity index (χ0n) is 9.41. The van der Waals surface area contributed by atoms with Crippen molar-refractivity contribution in [2.24, 2.45) is 0 Å². The Balaban J connectivity index is 2.34. The van der Waals surface area contributed by atoms with Gasteiger partial charge in [-0.2, -0.15) is 0 Å². The quantitative estimate of drug-likeness (QED) is 0.376. The van der Waals surface area contributed by atoms with Gasteiger partial charge in [0.2, 0.25) is 0 Å². The van der Waals surface area contributed by atoms with Crippen molar-refractivity contribution in [2.45, 2.75) is 0 Å². The number of carbonyl (C=O) groups is 1. The lowest BCUT2D eigenvalue weighted by atomic mass is 10.1. The Labute approximate surface area is 108 Å². The number of hydrogen-bond acceptors (Lipinski definition) is 4. The molecule has 0 radical (unpaired) electrons. The van der Waals surface area contributed by atoms with Gasteiger partial charge in [-0.3, -0.25) is 19.8 Å². The van der Waals surface area contributed by atoms with E-state index in [2.05, 4.69) is 5.32 Å². The van der Waals surface area contributed by atoms with E-state index >= 15 is 0 Å². The monoisotopic (exact) mass is 263 g/mol. The molecule has 1 heterocycles. The van der Waals surface area contributed by atoms with Crippen molar-refractivity contribution < 1.29 is 9.72 Å². The van der Waals surface area contributed by atoms with Crippen LogP contribution in [0.15, 0.2) is 30.0 Å². The second-order valence-corrected chi connectivity index (χ2v) is 4.09. The highest BCUT2D eigenvalue weighted by molar-refractivity contribution is 7.80. The molecule has 1 aliphatic rings. The van der Waals surface area contributed by atoms with E-state index in [0.717, 1.165) is 0 Å². The van der Waals surface area contributed by atoms with E-state index in [4.69, 9.17) is 12.2 Å². The summed E-state index contributed by atoms with van der Waals surface area (Å²) in [5.41, 5.74) is 0.854. The van der Waals surface area contributed by atoms with Gasteiger partial charge in [0.25, 0.3) is 11.6 Å². The predicted molar refractivity (Wildman–Crippen MR) is 69.6 cm³/mol. The fourth-order valence-electron chi connectivity index (χ4n) is 1.52. The molecule has 1 fully saturated rings. The van der Waals surface area contributed by atoms with Crippen LogP contribution in [0.3, 0.4) is 0 Å². The number of nitrogens with zero attached hydrogens (tertiary/aromatic N) is 2. The minimum atomic E-state index is -0.483. The third kappa shape index (κ3) is 2.21. The van der Waals surface area contributed by atoms with Crippen molar-refractivity contribution in [3.05, 3.63) is 45.6 Å². The number of nitro benzene ring substituents is 1. The Kier molecular flexibility index (Phi) is 3.07. The SMILES string of the molecule is CN1C(=O)/C(=C\c2cccc([N+](=O)[O-])c2)NC1=S. The molecule has 0 atom stereocenters. The van der Waals surface area contributed by atoms with Crippen LogP contribution in [0.4, 0.5) is 5.69 Å². The molecule has 0 aliphatic carbocycles. The topological polar surface area (TPSA) is 75.5 Å². The Morgan fingerprint density at radius 3 is 2.78 bits per heavy atom. The molecule has 1 saturated heterocycles. The summed E-state index contributed by atoms with van der Waals surface area (Å²) in [5, 5.41) is 13.7. The number of hydrogen-bond donors (Lipinski definition) is 1. The molecule has 0 spiro atoms. The van der Waals surface area contributed by atoms with Gasteiger partial charge >= 0.3 is 0 Å². The molecule has 7 heteroatoms. The zero-order valence-corrected chi connectivity index (χ0v) is 10.2. The standard InChI is InChI=1S/C11H9N3O3S/c1-13-10(15)9(12-11(13)18)6-7-3-2-4-8(5-7)14(16)17/h2-6H,1H3,(H,12,18)/b9-6+. The number of benzene rings is 1. The second kappa shape index (κ2) is 4.53. The summed E-state index contributed by atoms with van der Waals surface area (Å²) in [7, 11) is 1.56. The van der Waals surface area contributed by atoms with E-state index in [1.54, 1.807) is 19.2 Å². The summed E-state index contributed by atoms with van der Waals surface area (Å²) >= 11 is 4.92. The van der Waals surface area contributed by atoms with Crippen molar-refractivity contribution in [2.75, 3.05) is 7.05 Å². The van der Waals surface area contributed by atoms with Crippen molar-refractivity contribution in [3.8, 4) is 0 Å². The molecule has 1 aromatic carbocycles. The molecular formula is C11H9N3O3S. The van der Waals surface area contributed by atoms with Crippen molar-refractivity contribution in [3.63, 3.8) is 0 Å². The van der Waals surface area contributed by atoms with E-state index in [9.17, 15) is 14.9 Å². The van der Waals surface area contributed by atoms with Gasteiger partial charge in [0.05, 0.1) is 4.92 Å². The van der Waals surface area contributed by atoms with Gasteiger partial charge in [0.1, 0.15) is 5.70 Å². The first kappa shape index (κ1) is 12.2. The highest BCUT2D eigenvalue weighted by atomic mass is 32.1. The van der Waals surface area contributed by atoms with Crippen LogP contribution < -0.4 is 5.32 Å². The van der Waals surface area contributed by atoms with Crippen LogP contribution in [0.5, 0.6) is 0 Å². The summed E-state index contributed by atoms with van der Waals surface area (Å²) in [6, 6.07) is 6.02. The Hall–Kier alpha value is -2.28. The normalized spacial score (nSPS) is 17.2. The maximum atomic E-state index is 11.7. The van der Waals surface area contributed by atoms with Gasteiger partial charge in [0, 0.05) is 19.2 Å². The van der Waals surface area contributed by atoms with Gasteiger partial charge in [-0.15, -0.1) is 0 Å². The Morgan fingerprint density at radius 2 is 2.22 bits per heavy atom. The minimum absolute atomic E-state index is 0.0225. The molecule has 18 heavy (non-hydrogen) atoms. The number of non-ortho nitro benzene ring substituents is 1. The van der Waals surface area contributed by atoms with Crippen LogP contribution in [0.1, 0.15) is 5.56 Å². The van der Waals surface area contributed by atoms with Crippen molar-refractivity contribution >= 4 is 35.0 Å². The largest absolute Gasteiger partial charge is 0.328 e. The first-order valence-corrected chi connectivity index (χ1v) is 5.45. The molecule has 92 valence electrons. The van der Waals surface area contributed by atoms with E-state index in [1.165, 1.54) is 23.1 Å². The fraction of sp³-hybridized carbons (Fsp3) is 0.0909. The first-order chi connectivity index (χ1) is 8.49. The Morgan fingerprint density at radius 1 is 1.50 bits per heavy atom. The average Bonchev–Trinajstić information content (AvgIpc) is 2.57. The lowest BCUT2D eigenvalue weighted by Gasteiger charge is -2.02. The average molecular weight is 263 g/mol. The number of nitro groups is 1. The fourth-order valence-corrected chi connectivity index (χ4v) is 1.71. The number of rotatable bonds is 2. The molecule has 1 aliphatic heterocycles. The van der Waals surface area contributed by atoms with Crippen molar-refractivity contribution in [1.29, 1.82) is 0 Å². The third-order valence-corrected chi connectivity index (χ3v) is 2.85. The van der Waals surface area contributed by atoms with Crippen LogP contribution in [-0.2, 0) is 4.79 Å². The Bertz CT molecular complexity index is 583. The number of nitrogens with one attached hydrogen (secondary N) is 1. The van der Waals surface area contributed by atoms with Gasteiger partial charge in [-0.1, -0.05) is 12.1 Å². The molecule has 6 nitrogen and oxygen atoms in total. The van der Waals surface area contributed by atoms with Gasteiger partial charge < -0.3 is 5.32 Å². The number of thiocarbonyl (C=S) groups is 1. The number of likely N-dealkylation sites (N-methyl/N-ethyl adjacent to an activating group) is 1. The maximum absolute atomic E-state index is 11.7. The van der Waals surface area contributed by atoms with Crippen LogP contribution in [0, 0.1) is 10.1 Å². The highest BCUT2D eigenvalue weighted by Gasteiger charge is 2.26. The first-order valence-electron chi connectivity index (χ1n) is 5.04. The maximum Gasteiger partial charge on any atom is 0.276 e. The number of carbonyl (C=O) groups excluding carboxylic acids is 1. The molecule has 1 N–H and O–H groups in total. The lowest BCUT2D eigenvalue weighted by Crippen LogP contribution is -2.25. The zero-order chi connectivity index (χ0) is 13.3. The summed E-state index contributed by atoms with van der Waals surface area (Å²) in [5.74, 6) is -0.258. The summed E-state index contributed by atoms with van der Waals surface area (Å²) in [6.45, 7) is 0. The smallest absolute Gasteiger partial charge is 0.276 e. The third-order valence-electron chi connectivity index (χ3n) is 2.47. The molecule has 1 aromatic rings. The summed E-state index contributed by atoms with van der Waals surface area (Å²) in [4.78, 5) is 23.2. The molecule has 0 bridgehead atoms. The second-order valence-electron chi connectivity index (χ2n) is 3.70. The van der Waals surface area contributed by atoms with Crippen LogP contribution in [0.25, 0.3) is 6.08 Å². The summed E-state index contributed by atoms with van der Waals surface area (Å²) in [6.07, 6.45) is 1.53. The molecular weight excluding hydrogens is 254 g/mol. The number of amides is 1. The lowest BCUT2D eigenvalue weighted by molar-refractivity contribution is -0.384. The molecule has 0 aromatic heterocycles. The molecule has 0 saturated carbocycles. The van der Waals surface area contributed by atoms with Gasteiger partial charge in [-0.05, 0) is 23.9 Å². The minimum Gasteiger partial charge on any atom is -0.328 e. The molecule has 1 amide bonds. The van der Waals surface area contributed by atoms with E-state index in [1.807, 2.05) is 0 Å². The van der Waals surface area contributed by atoms with Crippen LogP contribution in [-0.4, -0.2) is 27.9 Å². The van der Waals surface area contributed by atoms with Gasteiger partial charge in [0.15, 0.2) is 5.11 Å². The molecule has 0 unspecified atom stereocenters. The van der Waals surface area contributed by atoms with E-state index < -0.39 is 4.92 Å². The van der Waals surface area contributed by atoms with Gasteiger partial charge in [-0.25, -0.2) is 0 Å². The van der Waals surface area contributed by atoms with E-state index in [0.29, 0.717) is 16.4 Å². The highest BCUT2D eigenvalue weighted by Crippen LogP contribution is 2.17. The van der Waals surface area contributed by atoms with E-state index in [-0.39, 0.29) is 11.6 Å². The predicted octanol–water partition coefficient (Wildman–Crippen LogP) is 1.28. The van der Waals surface area contributed by atoms with Crippen molar-refractivity contribution in [1.82, 2.24) is 10.2 Å². The molecule has 2 rings (SSSR count). The van der Waals surface area contributed by atoms with Crippen LogP contribution in [0.2, 0.25) is 0 Å². The summed E-state index contributed by atoms with van der Waals surface area (Å²) < 4.78 is 0.